The molecule has 1 saturated heterocycles. The van der Waals surface area contributed by atoms with Gasteiger partial charge in [0.25, 0.3) is 0 Å². The van der Waals surface area contributed by atoms with Crippen molar-refractivity contribution in [1.82, 2.24) is 10.2 Å². The molecule has 4 nitrogen and oxygen atoms in total. The Bertz CT molecular complexity index is 289. The van der Waals surface area contributed by atoms with Gasteiger partial charge in [0.15, 0.2) is 0 Å². The number of methoxy groups -OCH3 is 1. The average molecular weight is 253 g/mol. The molecule has 3 unspecified atom stereocenters. The lowest BCUT2D eigenvalue weighted by atomic mass is 9.94. The maximum atomic E-state index is 9.23. The Morgan fingerprint density at radius 1 is 1.56 bits per heavy atom. The smallest absolute Gasteiger partial charge is 0.105 e. The maximum absolute atomic E-state index is 9.23. The zero-order valence-electron chi connectivity index (χ0n) is 12.2. The predicted molar refractivity (Wildman–Crippen MR) is 73.3 cm³/mol. The van der Waals surface area contributed by atoms with E-state index in [1.165, 1.54) is 6.42 Å². The molecule has 1 rings (SSSR count). The quantitative estimate of drug-likeness (QED) is 0.781. The predicted octanol–water partition coefficient (Wildman–Crippen LogP) is 1.63. The summed E-state index contributed by atoms with van der Waals surface area (Å²) in [5.74, 6) is 0.641. The first kappa shape index (κ1) is 15.4. The van der Waals surface area contributed by atoms with Crippen molar-refractivity contribution < 1.29 is 4.74 Å². The van der Waals surface area contributed by atoms with Crippen molar-refractivity contribution in [2.24, 2.45) is 5.92 Å². The minimum atomic E-state index is -0.402. The highest BCUT2D eigenvalue weighted by Gasteiger charge is 2.28. The Balaban J connectivity index is 2.42. The van der Waals surface area contributed by atoms with Crippen molar-refractivity contribution >= 4 is 0 Å². The summed E-state index contributed by atoms with van der Waals surface area (Å²) in [5, 5.41) is 12.5. The third-order valence-electron chi connectivity index (χ3n) is 4.02. The molecule has 0 saturated carbocycles. The summed E-state index contributed by atoms with van der Waals surface area (Å²) in [5.41, 5.74) is -0.402. The van der Waals surface area contributed by atoms with Gasteiger partial charge in [-0.15, -0.1) is 0 Å². The Morgan fingerprint density at radius 2 is 2.28 bits per heavy atom. The van der Waals surface area contributed by atoms with Gasteiger partial charge in [-0.3, -0.25) is 5.32 Å². The molecule has 1 aliphatic rings. The standard InChI is InChI=1S/C14H27N3O/c1-5-16-14(3,11-15)7-9-17-8-6-12(2)13(10-17)18-4/h12-13,16H,5-10H2,1-4H3. The molecule has 3 atom stereocenters. The Kier molecular flexibility index (Phi) is 6.07. The van der Waals surface area contributed by atoms with Crippen LogP contribution in [0.1, 0.15) is 33.6 Å². The monoisotopic (exact) mass is 253 g/mol. The minimum absolute atomic E-state index is 0.339. The van der Waals surface area contributed by atoms with E-state index in [-0.39, 0.29) is 0 Å². The first-order chi connectivity index (χ1) is 8.54. The molecule has 0 aromatic carbocycles. The van der Waals surface area contributed by atoms with E-state index in [2.05, 4.69) is 23.2 Å². The van der Waals surface area contributed by atoms with Gasteiger partial charge in [-0.1, -0.05) is 13.8 Å². The van der Waals surface area contributed by atoms with Gasteiger partial charge in [-0.2, -0.15) is 5.26 Å². The van der Waals surface area contributed by atoms with Crippen LogP contribution in [0, 0.1) is 17.2 Å². The van der Waals surface area contributed by atoms with Gasteiger partial charge in [-0.05, 0) is 38.8 Å². The lowest BCUT2D eigenvalue weighted by molar-refractivity contribution is -0.00632. The lowest BCUT2D eigenvalue weighted by Gasteiger charge is -2.37. The third kappa shape index (κ3) is 4.24. The molecule has 0 aromatic heterocycles. The van der Waals surface area contributed by atoms with Gasteiger partial charge in [0, 0.05) is 20.2 Å². The normalized spacial score (nSPS) is 28.6. The van der Waals surface area contributed by atoms with Gasteiger partial charge in [-0.25, -0.2) is 0 Å². The van der Waals surface area contributed by atoms with Crippen LogP contribution in [0.4, 0.5) is 0 Å². The number of nitrogens with zero attached hydrogens (tertiary/aromatic N) is 2. The summed E-state index contributed by atoms with van der Waals surface area (Å²) < 4.78 is 5.52. The second-order valence-corrected chi connectivity index (χ2v) is 5.56. The molecule has 4 heteroatoms. The van der Waals surface area contributed by atoms with Gasteiger partial charge in [0.2, 0.25) is 0 Å². The van der Waals surface area contributed by atoms with Crippen molar-refractivity contribution in [3.8, 4) is 6.07 Å². The molecule has 0 aliphatic carbocycles. The van der Waals surface area contributed by atoms with Crippen LogP contribution in [0.5, 0.6) is 0 Å². The summed E-state index contributed by atoms with van der Waals surface area (Å²) in [7, 11) is 1.79. The van der Waals surface area contributed by atoms with Crippen molar-refractivity contribution in [1.29, 1.82) is 5.26 Å². The Hall–Kier alpha value is -0.630. The molecular weight excluding hydrogens is 226 g/mol. The number of rotatable bonds is 6. The van der Waals surface area contributed by atoms with E-state index >= 15 is 0 Å². The highest BCUT2D eigenvalue weighted by molar-refractivity contribution is 5.03. The number of likely N-dealkylation sites (tertiary alicyclic amines) is 1. The van der Waals surface area contributed by atoms with Crippen LogP contribution in [0.15, 0.2) is 0 Å². The molecule has 0 bridgehead atoms. The molecule has 1 aliphatic heterocycles. The van der Waals surface area contributed by atoms with Crippen LogP contribution in [-0.2, 0) is 4.74 Å². The topological polar surface area (TPSA) is 48.3 Å². The van der Waals surface area contributed by atoms with E-state index in [1.54, 1.807) is 7.11 Å². The fraction of sp³-hybridized carbons (Fsp3) is 0.929. The zero-order valence-corrected chi connectivity index (χ0v) is 12.2. The summed E-state index contributed by atoms with van der Waals surface area (Å²) in [4.78, 5) is 2.42. The third-order valence-corrected chi connectivity index (χ3v) is 4.02. The second kappa shape index (κ2) is 7.08. The van der Waals surface area contributed by atoms with E-state index in [0.29, 0.717) is 12.0 Å². The zero-order chi connectivity index (χ0) is 13.6. The second-order valence-electron chi connectivity index (χ2n) is 5.56. The number of nitrogens with one attached hydrogen (secondary N) is 1. The van der Waals surface area contributed by atoms with Crippen molar-refractivity contribution in [3.63, 3.8) is 0 Å². The SMILES string of the molecule is CCNC(C)(C#N)CCN1CCC(C)C(OC)C1. The van der Waals surface area contributed by atoms with Crippen LogP contribution >= 0.6 is 0 Å². The van der Waals surface area contributed by atoms with E-state index < -0.39 is 5.54 Å². The van der Waals surface area contributed by atoms with Gasteiger partial charge < -0.3 is 9.64 Å². The van der Waals surface area contributed by atoms with Crippen LogP contribution in [0.2, 0.25) is 0 Å². The largest absolute Gasteiger partial charge is 0.380 e. The van der Waals surface area contributed by atoms with Gasteiger partial charge in [0.1, 0.15) is 5.54 Å². The minimum Gasteiger partial charge on any atom is -0.380 e. The van der Waals surface area contributed by atoms with Gasteiger partial charge in [0.05, 0.1) is 12.2 Å². The number of nitriles is 1. The molecular formula is C14H27N3O. The average Bonchev–Trinajstić information content (AvgIpc) is 2.38. The number of ether oxygens (including phenoxy) is 1. The molecule has 0 spiro atoms. The first-order valence-electron chi connectivity index (χ1n) is 6.96. The molecule has 1 heterocycles. The number of hydrogen-bond donors (Lipinski definition) is 1. The van der Waals surface area contributed by atoms with Crippen LogP contribution in [0.25, 0.3) is 0 Å². The van der Waals surface area contributed by atoms with Crippen molar-refractivity contribution in [2.75, 3.05) is 33.3 Å². The molecule has 0 aromatic rings. The van der Waals surface area contributed by atoms with E-state index in [9.17, 15) is 5.26 Å². The molecule has 0 amide bonds. The first-order valence-corrected chi connectivity index (χ1v) is 6.96. The van der Waals surface area contributed by atoms with E-state index in [4.69, 9.17) is 4.74 Å². The molecule has 104 valence electrons. The van der Waals surface area contributed by atoms with Crippen molar-refractivity contribution in [2.45, 2.75) is 45.3 Å². The highest BCUT2D eigenvalue weighted by atomic mass is 16.5. The fourth-order valence-corrected chi connectivity index (χ4v) is 2.56. The molecule has 18 heavy (non-hydrogen) atoms. The Morgan fingerprint density at radius 3 is 2.83 bits per heavy atom. The van der Waals surface area contributed by atoms with Crippen LogP contribution in [0.3, 0.4) is 0 Å². The molecule has 1 N–H and O–H groups in total. The molecule has 1 fully saturated rings. The fourth-order valence-electron chi connectivity index (χ4n) is 2.56. The van der Waals surface area contributed by atoms with E-state index in [1.807, 2.05) is 13.8 Å². The van der Waals surface area contributed by atoms with E-state index in [0.717, 1.165) is 32.6 Å². The number of hydrogen-bond acceptors (Lipinski definition) is 4. The summed E-state index contributed by atoms with van der Waals surface area (Å²) >= 11 is 0. The number of piperidine rings is 1. The highest BCUT2D eigenvalue weighted by Crippen LogP contribution is 2.20. The summed E-state index contributed by atoms with van der Waals surface area (Å²) in [6, 6.07) is 2.38. The summed E-state index contributed by atoms with van der Waals surface area (Å²) in [6.45, 7) is 10.2. The van der Waals surface area contributed by atoms with Crippen LogP contribution in [-0.4, -0.2) is 49.8 Å². The van der Waals surface area contributed by atoms with Crippen LogP contribution < -0.4 is 5.32 Å². The Labute approximate surface area is 111 Å². The lowest BCUT2D eigenvalue weighted by Crippen LogP contribution is -2.48. The van der Waals surface area contributed by atoms with Gasteiger partial charge >= 0.3 is 0 Å². The summed E-state index contributed by atoms with van der Waals surface area (Å²) in [6.07, 6.45) is 2.39. The molecule has 0 radical (unpaired) electrons. The maximum Gasteiger partial charge on any atom is 0.105 e. The van der Waals surface area contributed by atoms with Crippen molar-refractivity contribution in [3.05, 3.63) is 0 Å².